The maximum Gasteiger partial charge on any atom is 0.343 e. The third-order valence-corrected chi connectivity index (χ3v) is 3.94. The summed E-state index contributed by atoms with van der Waals surface area (Å²) in [6.45, 7) is 1.58. The Morgan fingerprint density at radius 1 is 0.828 bits per heavy atom. The molecule has 0 spiro atoms. The van der Waals surface area contributed by atoms with Gasteiger partial charge in [-0.15, -0.1) is 0 Å². The molecule has 0 aliphatic heterocycles. The number of rotatable bonds is 6. The summed E-state index contributed by atoms with van der Waals surface area (Å²) in [6.07, 6.45) is 0. The van der Waals surface area contributed by atoms with Crippen molar-refractivity contribution in [3.8, 4) is 17.2 Å². The predicted octanol–water partition coefficient (Wildman–Crippen LogP) is 4.82. The van der Waals surface area contributed by atoms with Crippen LogP contribution in [0.15, 0.2) is 66.7 Å². The molecule has 0 bridgehead atoms. The Balaban J connectivity index is 1.74. The molecule has 0 aliphatic rings. The van der Waals surface area contributed by atoms with Crippen LogP contribution in [0.2, 0.25) is 0 Å². The fraction of sp³-hybridized carbons (Fsp3) is 0.0500. The van der Waals surface area contributed by atoms with Gasteiger partial charge in [-0.3, -0.25) is 20.2 Å². The molecule has 0 amide bonds. The van der Waals surface area contributed by atoms with Gasteiger partial charge in [-0.05, 0) is 37.3 Å². The normalized spacial score (nSPS) is 10.2. The van der Waals surface area contributed by atoms with E-state index in [9.17, 15) is 25.0 Å². The van der Waals surface area contributed by atoms with Crippen molar-refractivity contribution < 1.29 is 24.1 Å². The third kappa shape index (κ3) is 4.72. The molecule has 0 saturated heterocycles. The highest BCUT2D eigenvalue weighted by molar-refractivity contribution is 5.92. The minimum absolute atomic E-state index is 0.0454. The van der Waals surface area contributed by atoms with Crippen LogP contribution < -0.4 is 9.47 Å². The molecule has 0 unspecified atom stereocenters. The largest absolute Gasteiger partial charge is 0.457 e. The summed E-state index contributed by atoms with van der Waals surface area (Å²) in [5.74, 6) is 0.144. The molecule has 3 aromatic rings. The summed E-state index contributed by atoms with van der Waals surface area (Å²) in [6, 6.07) is 15.8. The van der Waals surface area contributed by atoms with Crippen molar-refractivity contribution in [1.82, 2.24) is 0 Å². The molecule has 3 rings (SSSR count). The Labute approximate surface area is 164 Å². The van der Waals surface area contributed by atoms with Gasteiger partial charge < -0.3 is 9.47 Å². The molecule has 0 N–H and O–H groups in total. The van der Waals surface area contributed by atoms with Crippen molar-refractivity contribution in [2.45, 2.75) is 6.92 Å². The summed E-state index contributed by atoms with van der Waals surface area (Å²) in [5.41, 5.74) is 0.246. The van der Waals surface area contributed by atoms with Gasteiger partial charge in [0.05, 0.1) is 15.4 Å². The van der Waals surface area contributed by atoms with Crippen molar-refractivity contribution >= 4 is 17.3 Å². The van der Waals surface area contributed by atoms with E-state index in [1.54, 1.807) is 19.1 Å². The number of carbonyl (C=O) groups excluding carboxylic acids is 1. The number of carbonyl (C=O) groups is 1. The van der Waals surface area contributed by atoms with E-state index in [0.29, 0.717) is 17.1 Å². The van der Waals surface area contributed by atoms with E-state index >= 15 is 0 Å². The first-order valence-corrected chi connectivity index (χ1v) is 8.33. The minimum atomic E-state index is -0.749. The van der Waals surface area contributed by atoms with Crippen LogP contribution in [0.3, 0.4) is 0 Å². The first-order valence-electron chi connectivity index (χ1n) is 8.33. The quantitative estimate of drug-likeness (QED) is 0.254. The highest BCUT2D eigenvalue weighted by atomic mass is 16.6. The summed E-state index contributed by atoms with van der Waals surface area (Å²) in [7, 11) is 0. The summed E-state index contributed by atoms with van der Waals surface area (Å²) >= 11 is 0. The van der Waals surface area contributed by atoms with E-state index in [1.165, 1.54) is 48.5 Å². The average Bonchev–Trinajstić information content (AvgIpc) is 2.68. The Kier molecular flexibility index (Phi) is 5.49. The minimum Gasteiger partial charge on any atom is -0.457 e. The second-order valence-electron chi connectivity index (χ2n) is 5.98. The fourth-order valence-corrected chi connectivity index (χ4v) is 2.47. The van der Waals surface area contributed by atoms with E-state index in [0.717, 1.165) is 6.07 Å². The van der Waals surface area contributed by atoms with Crippen LogP contribution >= 0.6 is 0 Å². The fourth-order valence-electron chi connectivity index (χ4n) is 2.47. The maximum absolute atomic E-state index is 12.3. The highest BCUT2D eigenvalue weighted by Crippen LogP contribution is 2.27. The molecular weight excluding hydrogens is 380 g/mol. The van der Waals surface area contributed by atoms with Crippen LogP contribution in [-0.2, 0) is 0 Å². The molecule has 9 nitrogen and oxygen atoms in total. The molecule has 0 radical (unpaired) electrons. The topological polar surface area (TPSA) is 122 Å². The molecule has 0 heterocycles. The first-order chi connectivity index (χ1) is 13.8. The average molecular weight is 394 g/mol. The molecule has 0 aliphatic carbocycles. The molecule has 0 fully saturated rings. The Hall–Kier alpha value is -4.27. The molecule has 0 atom stereocenters. The van der Waals surface area contributed by atoms with Gasteiger partial charge in [0.15, 0.2) is 0 Å². The lowest BCUT2D eigenvalue weighted by Crippen LogP contribution is -2.09. The Bertz CT molecular complexity index is 1090. The Morgan fingerprint density at radius 3 is 2.17 bits per heavy atom. The van der Waals surface area contributed by atoms with E-state index < -0.39 is 15.8 Å². The van der Waals surface area contributed by atoms with E-state index in [1.807, 2.05) is 0 Å². The van der Waals surface area contributed by atoms with Crippen LogP contribution in [0.5, 0.6) is 17.2 Å². The lowest BCUT2D eigenvalue weighted by molar-refractivity contribution is -0.385. The van der Waals surface area contributed by atoms with Gasteiger partial charge in [-0.25, -0.2) is 4.79 Å². The van der Waals surface area contributed by atoms with Crippen molar-refractivity contribution in [1.29, 1.82) is 0 Å². The van der Waals surface area contributed by atoms with Crippen LogP contribution in [0.1, 0.15) is 15.9 Å². The molecule has 0 saturated carbocycles. The van der Waals surface area contributed by atoms with Crippen molar-refractivity contribution in [3.63, 3.8) is 0 Å². The maximum atomic E-state index is 12.3. The van der Waals surface area contributed by atoms with Crippen LogP contribution in [-0.4, -0.2) is 15.8 Å². The van der Waals surface area contributed by atoms with Crippen LogP contribution in [0.4, 0.5) is 11.4 Å². The number of ether oxygens (including phenoxy) is 2. The number of hydrogen-bond donors (Lipinski definition) is 0. The van der Waals surface area contributed by atoms with Gasteiger partial charge in [-0.1, -0.05) is 12.1 Å². The number of non-ortho nitro benzene ring substituents is 1. The number of hydrogen-bond acceptors (Lipinski definition) is 7. The van der Waals surface area contributed by atoms with Crippen molar-refractivity contribution in [2.75, 3.05) is 0 Å². The second kappa shape index (κ2) is 8.17. The van der Waals surface area contributed by atoms with E-state index in [2.05, 4.69) is 0 Å². The number of esters is 1. The second-order valence-corrected chi connectivity index (χ2v) is 5.98. The van der Waals surface area contributed by atoms with Gasteiger partial charge in [0.25, 0.3) is 11.4 Å². The number of nitrogens with zero attached hydrogens (tertiary/aromatic N) is 2. The SMILES string of the molecule is Cc1ccc(C(=O)Oc2cccc(Oc3ccc([N+](=O)[O-])cc3)c2)cc1[N+](=O)[O-]. The van der Waals surface area contributed by atoms with Gasteiger partial charge in [0, 0.05) is 29.8 Å². The first kappa shape index (κ1) is 19.5. The number of nitro benzene ring substituents is 2. The highest BCUT2D eigenvalue weighted by Gasteiger charge is 2.16. The summed E-state index contributed by atoms with van der Waals surface area (Å²) < 4.78 is 10.9. The van der Waals surface area contributed by atoms with Gasteiger partial charge in [-0.2, -0.15) is 0 Å². The van der Waals surface area contributed by atoms with E-state index in [-0.39, 0.29) is 22.7 Å². The number of aryl methyl sites for hydroxylation is 1. The lowest BCUT2D eigenvalue weighted by Gasteiger charge is -2.08. The van der Waals surface area contributed by atoms with Gasteiger partial charge in [0.1, 0.15) is 17.2 Å². The standard InChI is InChI=1S/C20H14N2O7/c1-13-5-6-14(11-19(13)22(26)27)20(23)29-18-4-2-3-17(12-18)28-16-9-7-15(8-10-16)21(24)25/h2-12H,1H3. The molecule has 9 heteroatoms. The predicted molar refractivity (Wildman–Crippen MR) is 102 cm³/mol. The molecule has 3 aromatic carbocycles. The summed E-state index contributed by atoms with van der Waals surface area (Å²) in [4.78, 5) is 33.0. The smallest absolute Gasteiger partial charge is 0.343 e. The molecule has 146 valence electrons. The molecular formula is C20H14N2O7. The zero-order valence-electron chi connectivity index (χ0n) is 15.1. The summed E-state index contributed by atoms with van der Waals surface area (Å²) in [5, 5.41) is 21.7. The zero-order chi connectivity index (χ0) is 21.0. The zero-order valence-corrected chi connectivity index (χ0v) is 15.1. The monoisotopic (exact) mass is 394 g/mol. The van der Waals surface area contributed by atoms with Crippen LogP contribution in [0.25, 0.3) is 0 Å². The number of nitro groups is 2. The van der Waals surface area contributed by atoms with Crippen LogP contribution in [0, 0.1) is 27.2 Å². The third-order valence-electron chi connectivity index (χ3n) is 3.94. The van der Waals surface area contributed by atoms with Gasteiger partial charge >= 0.3 is 5.97 Å². The van der Waals surface area contributed by atoms with Crippen molar-refractivity contribution in [3.05, 3.63) is 98.1 Å². The van der Waals surface area contributed by atoms with Gasteiger partial charge in [0.2, 0.25) is 0 Å². The molecule has 29 heavy (non-hydrogen) atoms. The van der Waals surface area contributed by atoms with Crippen molar-refractivity contribution in [2.24, 2.45) is 0 Å². The lowest BCUT2D eigenvalue weighted by atomic mass is 10.1. The number of benzene rings is 3. The molecule has 0 aromatic heterocycles. The Morgan fingerprint density at radius 2 is 1.52 bits per heavy atom. The van der Waals surface area contributed by atoms with E-state index in [4.69, 9.17) is 9.47 Å².